The summed E-state index contributed by atoms with van der Waals surface area (Å²) in [6.45, 7) is 0. The van der Waals surface area contributed by atoms with Crippen LogP contribution in [0.3, 0.4) is 0 Å². The highest BCUT2D eigenvalue weighted by molar-refractivity contribution is 6.30. The fraction of sp³-hybridized carbons (Fsp3) is 0.143. The minimum atomic E-state index is -4.55. The predicted molar refractivity (Wildman–Crippen MR) is 68.9 cm³/mol. The van der Waals surface area contributed by atoms with Gasteiger partial charge in [0.05, 0.1) is 11.6 Å². The Morgan fingerprint density at radius 2 is 1.65 bits per heavy atom. The van der Waals surface area contributed by atoms with Crippen LogP contribution in [0.5, 0.6) is 0 Å². The summed E-state index contributed by atoms with van der Waals surface area (Å²) in [6, 6.07) is 7.20. The van der Waals surface area contributed by atoms with Crippen LogP contribution in [0.4, 0.5) is 17.6 Å². The van der Waals surface area contributed by atoms with Gasteiger partial charge in [-0.3, -0.25) is 0 Å². The first kappa shape index (κ1) is 14.8. The van der Waals surface area contributed by atoms with Crippen molar-refractivity contribution in [2.45, 2.75) is 12.2 Å². The minimum absolute atomic E-state index is 0.0748. The normalized spacial score (nSPS) is 13.3. The lowest BCUT2D eigenvalue weighted by atomic mass is 9.94. The van der Waals surface area contributed by atoms with Crippen molar-refractivity contribution in [1.29, 1.82) is 0 Å². The molecule has 0 saturated heterocycles. The summed E-state index contributed by atoms with van der Waals surface area (Å²) in [4.78, 5) is 0. The van der Waals surface area contributed by atoms with E-state index in [0.717, 1.165) is 12.1 Å². The van der Waals surface area contributed by atoms with E-state index in [2.05, 4.69) is 0 Å². The van der Waals surface area contributed by atoms with Gasteiger partial charge in [0, 0.05) is 10.6 Å². The molecule has 0 fully saturated rings. The molecule has 106 valence electrons. The van der Waals surface area contributed by atoms with Crippen molar-refractivity contribution in [1.82, 2.24) is 0 Å². The van der Waals surface area contributed by atoms with Gasteiger partial charge in [-0.15, -0.1) is 0 Å². The van der Waals surface area contributed by atoms with Gasteiger partial charge >= 0.3 is 6.18 Å². The van der Waals surface area contributed by atoms with Crippen LogP contribution in [-0.2, 0) is 6.18 Å². The van der Waals surface area contributed by atoms with E-state index in [1.54, 1.807) is 0 Å². The fourth-order valence-electron chi connectivity index (χ4n) is 1.95. The number of alkyl halides is 3. The molecule has 2 N–H and O–H groups in total. The van der Waals surface area contributed by atoms with Gasteiger partial charge in [-0.05, 0) is 29.8 Å². The molecule has 2 aromatic carbocycles. The number of rotatable bonds is 2. The van der Waals surface area contributed by atoms with Crippen molar-refractivity contribution in [2.24, 2.45) is 5.73 Å². The smallest absolute Gasteiger partial charge is 0.320 e. The summed E-state index contributed by atoms with van der Waals surface area (Å²) in [6.07, 6.45) is -4.55. The summed E-state index contributed by atoms with van der Waals surface area (Å²) in [7, 11) is 0. The third-order valence-corrected chi connectivity index (χ3v) is 3.13. The van der Waals surface area contributed by atoms with Crippen molar-refractivity contribution >= 4 is 11.6 Å². The zero-order valence-electron chi connectivity index (χ0n) is 10.1. The molecule has 1 atom stereocenters. The third-order valence-electron chi connectivity index (χ3n) is 2.89. The minimum Gasteiger partial charge on any atom is -0.320 e. The maximum absolute atomic E-state index is 13.7. The Morgan fingerprint density at radius 3 is 2.30 bits per heavy atom. The van der Waals surface area contributed by atoms with Gasteiger partial charge < -0.3 is 5.73 Å². The highest BCUT2D eigenvalue weighted by atomic mass is 35.5. The molecular weight excluding hydrogens is 294 g/mol. The molecule has 2 rings (SSSR count). The molecule has 0 aliphatic carbocycles. The van der Waals surface area contributed by atoms with Gasteiger partial charge in [0.15, 0.2) is 0 Å². The van der Waals surface area contributed by atoms with Crippen LogP contribution in [0.1, 0.15) is 22.7 Å². The van der Waals surface area contributed by atoms with Crippen LogP contribution >= 0.6 is 11.6 Å². The number of nitrogens with two attached hydrogens (primary N) is 1. The van der Waals surface area contributed by atoms with Crippen LogP contribution in [-0.4, -0.2) is 0 Å². The Labute approximate surface area is 118 Å². The molecule has 0 aliphatic rings. The molecule has 1 nitrogen and oxygen atoms in total. The van der Waals surface area contributed by atoms with E-state index in [1.165, 1.54) is 30.3 Å². The summed E-state index contributed by atoms with van der Waals surface area (Å²) in [5.74, 6) is -0.695. The maximum atomic E-state index is 13.7. The molecule has 2 aromatic rings. The lowest BCUT2D eigenvalue weighted by Gasteiger charge is -2.19. The fourth-order valence-corrected chi connectivity index (χ4v) is 2.13. The first-order valence-corrected chi connectivity index (χ1v) is 6.05. The molecule has 1 unspecified atom stereocenters. The molecule has 0 aromatic heterocycles. The third kappa shape index (κ3) is 2.94. The lowest BCUT2D eigenvalue weighted by molar-refractivity contribution is -0.138. The summed E-state index contributed by atoms with van der Waals surface area (Å²) >= 11 is 5.73. The van der Waals surface area contributed by atoms with Crippen LogP contribution in [0.25, 0.3) is 0 Å². The van der Waals surface area contributed by atoms with Crippen molar-refractivity contribution in [3.05, 3.63) is 70.0 Å². The van der Waals surface area contributed by atoms with E-state index in [0.29, 0.717) is 0 Å². The predicted octanol–water partition coefficient (Wildman–Crippen LogP) is 4.55. The largest absolute Gasteiger partial charge is 0.416 e. The van der Waals surface area contributed by atoms with Crippen molar-refractivity contribution in [2.75, 3.05) is 0 Å². The number of hydrogen-bond donors (Lipinski definition) is 1. The highest BCUT2D eigenvalue weighted by Gasteiger charge is 2.34. The summed E-state index contributed by atoms with van der Waals surface area (Å²) < 4.78 is 52.5. The summed E-state index contributed by atoms with van der Waals surface area (Å²) in [5, 5.41) is 0.210. The van der Waals surface area contributed by atoms with E-state index >= 15 is 0 Å². The second-order valence-corrected chi connectivity index (χ2v) is 4.66. The first-order chi connectivity index (χ1) is 9.30. The van der Waals surface area contributed by atoms with Gasteiger partial charge in [0.2, 0.25) is 0 Å². The molecule has 0 amide bonds. The molecule has 0 radical (unpaired) electrons. The maximum Gasteiger partial charge on any atom is 0.416 e. The molecule has 0 spiro atoms. The lowest BCUT2D eigenvalue weighted by Crippen LogP contribution is -2.19. The van der Waals surface area contributed by atoms with E-state index in [4.69, 9.17) is 17.3 Å². The zero-order chi connectivity index (χ0) is 14.9. The van der Waals surface area contributed by atoms with Crippen LogP contribution in [0, 0.1) is 5.82 Å². The van der Waals surface area contributed by atoms with Crippen molar-refractivity contribution < 1.29 is 17.6 Å². The van der Waals surface area contributed by atoms with Crippen LogP contribution < -0.4 is 5.73 Å². The molecule has 0 saturated carbocycles. The van der Waals surface area contributed by atoms with Gasteiger partial charge in [-0.25, -0.2) is 4.39 Å². The monoisotopic (exact) mass is 303 g/mol. The Morgan fingerprint density at radius 1 is 1.00 bits per heavy atom. The van der Waals surface area contributed by atoms with E-state index in [-0.39, 0.29) is 16.1 Å². The van der Waals surface area contributed by atoms with Crippen LogP contribution in [0.15, 0.2) is 42.5 Å². The van der Waals surface area contributed by atoms with Gasteiger partial charge in [-0.2, -0.15) is 13.2 Å². The van der Waals surface area contributed by atoms with Crippen molar-refractivity contribution in [3.63, 3.8) is 0 Å². The average molecular weight is 304 g/mol. The second kappa shape index (κ2) is 5.42. The van der Waals surface area contributed by atoms with Gasteiger partial charge in [0.1, 0.15) is 5.82 Å². The first-order valence-electron chi connectivity index (χ1n) is 5.67. The standard InChI is InChI=1S/C14H10ClF4N/c15-8-5-6-12(16)10(7-8)13(20)9-3-1-2-4-11(9)14(17,18)19/h1-7,13H,20H2. The molecule has 20 heavy (non-hydrogen) atoms. The zero-order valence-corrected chi connectivity index (χ0v) is 10.8. The average Bonchev–Trinajstić information content (AvgIpc) is 2.40. The molecule has 6 heteroatoms. The Kier molecular flexibility index (Phi) is 4.01. The quantitative estimate of drug-likeness (QED) is 0.810. The van der Waals surface area contributed by atoms with Crippen molar-refractivity contribution in [3.8, 4) is 0 Å². The summed E-state index contributed by atoms with van der Waals surface area (Å²) in [5.41, 5.74) is 4.63. The number of hydrogen-bond acceptors (Lipinski definition) is 1. The highest BCUT2D eigenvalue weighted by Crippen LogP contribution is 2.36. The topological polar surface area (TPSA) is 26.0 Å². The van der Waals surface area contributed by atoms with Crippen LogP contribution in [0.2, 0.25) is 5.02 Å². The number of halogens is 5. The molecule has 0 bridgehead atoms. The van der Waals surface area contributed by atoms with Gasteiger partial charge in [-0.1, -0.05) is 29.8 Å². The Hall–Kier alpha value is -1.59. The Balaban J connectivity index is 2.54. The van der Waals surface area contributed by atoms with E-state index < -0.39 is 23.6 Å². The Bertz CT molecular complexity index is 625. The van der Waals surface area contributed by atoms with Gasteiger partial charge in [0.25, 0.3) is 0 Å². The van der Waals surface area contributed by atoms with E-state index in [9.17, 15) is 17.6 Å². The SMILES string of the molecule is NC(c1cc(Cl)ccc1F)c1ccccc1C(F)(F)F. The molecule has 0 aliphatic heterocycles. The van der Waals surface area contributed by atoms with E-state index in [1.807, 2.05) is 0 Å². The molecule has 0 heterocycles. The molecular formula is C14H10ClF4N. The second-order valence-electron chi connectivity index (χ2n) is 4.23. The number of benzene rings is 2.